The average molecular weight is 265 g/mol. The van der Waals surface area contributed by atoms with Gasteiger partial charge in [-0.15, -0.1) is 0 Å². The summed E-state index contributed by atoms with van der Waals surface area (Å²) in [5.74, 6) is 0.279. The Morgan fingerprint density at radius 3 is 2.68 bits per heavy atom. The number of carbonyl (C=O) groups is 1. The van der Waals surface area contributed by atoms with Gasteiger partial charge in [-0.25, -0.2) is 4.79 Å². The van der Waals surface area contributed by atoms with Crippen LogP contribution in [0, 0.1) is 10.1 Å². The number of hydrogen-bond donors (Lipinski definition) is 1. The minimum absolute atomic E-state index is 0.0731. The third-order valence-corrected chi connectivity index (χ3v) is 3.03. The molecule has 7 nitrogen and oxygen atoms in total. The van der Waals surface area contributed by atoms with Crippen molar-refractivity contribution in [2.45, 2.75) is 12.8 Å². The van der Waals surface area contributed by atoms with Crippen LogP contribution in [-0.2, 0) is 0 Å². The summed E-state index contributed by atoms with van der Waals surface area (Å²) in [6.45, 7) is 1.47. The monoisotopic (exact) mass is 265 g/mol. The number of urea groups is 1. The molecule has 0 aliphatic carbocycles. The predicted octanol–water partition coefficient (Wildman–Crippen LogP) is 2.23. The lowest BCUT2D eigenvalue weighted by atomic mass is 10.2. The van der Waals surface area contributed by atoms with E-state index in [2.05, 4.69) is 5.32 Å². The summed E-state index contributed by atoms with van der Waals surface area (Å²) >= 11 is 0. The molecule has 1 aliphatic rings. The number of anilines is 1. The van der Waals surface area contributed by atoms with Crippen molar-refractivity contribution in [1.29, 1.82) is 0 Å². The Hall–Kier alpha value is -2.31. The van der Waals surface area contributed by atoms with Gasteiger partial charge in [0.15, 0.2) is 0 Å². The highest BCUT2D eigenvalue weighted by Crippen LogP contribution is 2.29. The van der Waals surface area contributed by atoms with E-state index in [9.17, 15) is 14.9 Å². The number of nitrogens with zero attached hydrogens (tertiary/aromatic N) is 2. The number of benzene rings is 1. The van der Waals surface area contributed by atoms with Crippen molar-refractivity contribution in [3.05, 3.63) is 28.3 Å². The highest BCUT2D eigenvalue weighted by molar-refractivity contribution is 5.91. The van der Waals surface area contributed by atoms with Gasteiger partial charge in [0, 0.05) is 19.2 Å². The molecule has 1 N–H and O–H groups in total. The number of carbonyl (C=O) groups excluding carboxylic acids is 1. The second kappa shape index (κ2) is 5.55. The maximum Gasteiger partial charge on any atom is 0.321 e. The Labute approximate surface area is 110 Å². The van der Waals surface area contributed by atoms with Crippen LogP contribution in [0.5, 0.6) is 5.75 Å². The van der Waals surface area contributed by atoms with Crippen LogP contribution in [0.15, 0.2) is 18.2 Å². The fourth-order valence-electron chi connectivity index (χ4n) is 2.01. The van der Waals surface area contributed by atoms with Crippen LogP contribution in [0.1, 0.15) is 12.8 Å². The lowest BCUT2D eigenvalue weighted by molar-refractivity contribution is -0.384. The second-order valence-electron chi connectivity index (χ2n) is 4.27. The van der Waals surface area contributed by atoms with Crippen molar-refractivity contribution >= 4 is 17.4 Å². The fourth-order valence-corrected chi connectivity index (χ4v) is 2.01. The van der Waals surface area contributed by atoms with E-state index in [1.807, 2.05) is 0 Å². The van der Waals surface area contributed by atoms with Gasteiger partial charge in [-0.3, -0.25) is 10.1 Å². The zero-order valence-corrected chi connectivity index (χ0v) is 10.6. The minimum Gasteiger partial charge on any atom is -0.494 e. The van der Waals surface area contributed by atoms with Gasteiger partial charge in [-0.2, -0.15) is 0 Å². The smallest absolute Gasteiger partial charge is 0.321 e. The molecule has 102 valence electrons. The summed E-state index contributed by atoms with van der Waals surface area (Å²) in [6, 6.07) is 3.90. The van der Waals surface area contributed by atoms with Crippen LogP contribution >= 0.6 is 0 Å². The first-order chi connectivity index (χ1) is 9.11. The Balaban J connectivity index is 2.15. The zero-order valence-electron chi connectivity index (χ0n) is 10.6. The molecular formula is C12H15N3O4. The number of ether oxygens (including phenoxy) is 1. The molecule has 1 saturated heterocycles. The maximum absolute atomic E-state index is 11.9. The standard InChI is InChI=1S/C12H15N3O4/c1-19-11-8-9(15(17)18)4-5-10(11)13-12(16)14-6-2-3-7-14/h4-5,8H,2-3,6-7H2,1H3,(H,13,16). The van der Waals surface area contributed by atoms with Crippen molar-refractivity contribution in [3.8, 4) is 5.75 Å². The number of likely N-dealkylation sites (tertiary alicyclic amines) is 1. The molecule has 0 atom stereocenters. The number of non-ortho nitro benzene ring substituents is 1. The first-order valence-corrected chi connectivity index (χ1v) is 6.00. The van der Waals surface area contributed by atoms with E-state index in [-0.39, 0.29) is 17.5 Å². The van der Waals surface area contributed by atoms with E-state index >= 15 is 0 Å². The summed E-state index contributed by atoms with van der Waals surface area (Å²) in [4.78, 5) is 23.8. The van der Waals surface area contributed by atoms with Gasteiger partial charge >= 0.3 is 6.03 Å². The molecule has 2 rings (SSSR count). The van der Waals surface area contributed by atoms with Crippen LogP contribution in [-0.4, -0.2) is 36.1 Å². The van der Waals surface area contributed by atoms with Crippen molar-refractivity contribution in [1.82, 2.24) is 4.90 Å². The van der Waals surface area contributed by atoms with Gasteiger partial charge in [0.05, 0.1) is 23.8 Å². The number of rotatable bonds is 3. The largest absolute Gasteiger partial charge is 0.494 e. The van der Waals surface area contributed by atoms with E-state index < -0.39 is 4.92 Å². The summed E-state index contributed by atoms with van der Waals surface area (Å²) in [5.41, 5.74) is 0.362. The van der Waals surface area contributed by atoms with E-state index in [0.717, 1.165) is 25.9 Å². The number of amides is 2. The van der Waals surface area contributed by atoms with Gasteiger partial charge < -0.3 is 15.0 Å². The molecule has 1 aromatic carbocycles. The van der Waals surface area contributed by atoms with Crippen LogP contribution in [0.2, 0.25) is 0 Å². The van der Waals surface area contributed by atoms with Crippen LogP contribution in [0.25, 0.3) is 0 Å². The number of nitro groups is 1. The van der Waals surface area contributed by atoms with Crippen molar-refractivity contribution in [3.63, 3.8) is 0 Å². The maximum atomic E-state index is 11.9. The number of nitrogens with one attached hydrogen (secondary N) is 1. The first-order valence-electron chi connectivity index (χ1n) is 6.00. The normalized spacial score (nSPS) is 14.3. The quantitative estimate of drug-likeness (QED) is 0.670. The Bertz CT molecular complexity index is 498. The van der Waals surface area contributed by atoms with E-state index in [0.29, 0.717) is 5.69 Å². The Morgan fingerprint density at radius 2 is 2.11 bits per heavy atom. The molecule has 1 heterocycles. The highest BCUT2D eigenvalue weighted by Gasteiger charge is 2.20. The third-order valence-electron chi connectivity index (χ3n) is 3.03. The van der Waals surface area contributed by atoms with Gasteiger partial charge in [0.25, 0.3) is 5.69 Å². The second-order valence-corrected chi connectivity index (χ2v) is 4.27. The summed E-state index contributed by atoms with van der Waals surface area (Å²) in [5, 5.41) is 13.4. The molecule has 0 aromatic heterocycles. The van der Waals surface area contributed by atoms with Gasteiger partial charge in [-0.1, -0.05) is 0 Å². The Morgan fingerprint density at radius 1 is 1.42 bits per heavy atom. The van der Waals surface area contributed by atoms with Crippen LogP contribution in [0.3, 0.4) is 0 Å². The van der Waals surface area contributed by atoms with Crippen LogP contribution < -0.4 is 10.1 Å². The molecule has 0 unspecified atom stereocenters. The number of nitro benzene ring substituents is 1. The third kappa shape index (κ3) is 2.93. The predicted molar refractivity (Wildman–Crippen MR) is 69.5 cm³/mol. The van der Waals surface area contributed by atoms with Crippen molar-refractivity contribution < 1.29 is 14.5 Å². The molecule has 0 saturated carbocycles. The molecule has 1 aromatic rings. The molecule has 1 aliphatic heterocycles. The van der Waals surface area contributed by atoms with Gasteiger partial charge in [0.2, 0.25) is 0 Å². The zero-order chi connectivity index (χ0) is 13.8. The van der Waals surface area contributed by atoms with Gasteiger partial charge in [0.1, 0.15) is 5.75 Å². The number of hydrogen-bond acceptors (Lipinski definition) is 4. The van der Waals surface area contributed by atoms with Gasteiger partial charge in [-0.05, 0) is 18.9 Å². The molecule has 1 fully saturated rings. The number of methoxy groups -OCH3 is 1. The van der Waals surface area contributed by atoms with E-state index in [1.165, 1.54) is 25.3 Å². The lowest BCUT2D eigenvalue weighted by Crippen LogP contribution is -2.32. The average Bonchev–Trinajstić information content (AvgIpc) is 2.92. The molecule has 0 spiro atoms. The molecule has 2 amide bonds. The minimum atomic E-state index is -0.505. The molecule has 0 bridgehead atoms. The summed E-state index contributed by atoms with van der Waals surface area (Å²) in [6.07, 6.45) is 2.01. The lowest BCUT2D eigenvalue weighted by Gasteiger charge is -2.17. The summed E-state index contributed by atoms with van der Waals surface area (Å²) < 4.78 is 5.06. The summed E-state index contributed by atoms with van der Waals surface area (Å²) in [7, 11) is 1.41. The topological polar surface area (TPSA) is 84.7 Å². The highest BCUT2D eigenvalue weighted by atomic mass is 16.6. The first kappa shape index (κ1) is 13.1. The van der Waals surface area contributed by atoms with Crippen LogP contribution in [0.4, 0.5) is 16.2 Å². The molecule has 19 heavy (non-hydrogen) atoms. The fraction of sp³-hybridized carbons (Fsp3) is 0.417. The van der Waals surface area contributed by atoms with E-state index in [4.69, 9.17) is 4.74 Å². The van der Waals surface area contributed by atoms with Crippen molar-refractivity contribution in [2.24, 2.45) is 0 Å². The molecular weight excluding hydrogens is 250 g/mol. The molecule has 0 radical (unpaired) electrons. The molecule has 7 heteroatoms. The SMILES string of the molecule is COc1cc([N+](=O)[O-])ccc1NC(=O)N1CCCC1. The Kier molecular flexibility index (Phi) is 3.84. The van der Waals surface area contributed by atoms with E-state index in [1.54, 1.807) is 4.90 Å². The van der Waals surface area contributed by atoms with Crippen molar-refractivity contribution in [2.75, 3.05) is 25.5 Å².